The molecule has 2 N–H and O–H groups in total. The molecule has 1 aromatic heterocycles. The molecule has 0 spiro atoms. The third-order valence-electron chi connectivity index (χ3n) is 3.24. The van der Waals surface area contributed by atoms with Gasteiger partial charge in [0.15, 0.2) is 0 Å². The summed E-state index contributed by atoms with van der Waals surface area (Å²) in [6, 6.07) is 3.49. The monoisotopic (exact) mass is 268 g/mol. The molecular weight excluding hydrogens is 248 g/mol. The minimum atomic E-state index is -0.539. The fourth-order valence-corrected chi connectivity index (χ4v) is 2.27. The number of pyridine rings is 1. The zero-order valence-electron chi connectivity index (χ0n) is 11.1. The number of nitrogens with one attached hydrogen (secondary N) is 1. The quantitative estimate of drug-likeness (QED) is 0.775. The van der Waals surface area contributed by atoms with Crippen LogP contribution in [-0.2, 0) is 0 Å². The Morgan fingerprint density at radius 1 is 1.50 bits per heavy atom. The van der Waals surface area contributed by atoms with E-state index < -0.39 is 5.54 Å². The van der Waals surface area contributed by atoms with Gasteiger partial charge in [0.1, 0.15) is 5.03 Å². The highest BCUT2D eigenvalue weighted by atomic mass is 32.2. The highest BCUT2D eigenvalue weighted by molar-refractivity contribution is 7.98. The highest BCUT2D eigenvalue weighted by Crippen LogP contribution is 2.20. The molecule has 0 aliphatic rings. The Balaban J connectivity index is 2.94. The first-order valence-corrected chi connectivity index (χ1v) is 7.27. The Morgan fingerprint density at radius 2 is 2.17 bits per heavy atom. The predicted octanol–water partition coefficient (Wildman–Crippen LogP) is 2.08. The lowest BCUT2D eigenvalue weighted by Crippen LogP contribution is -2.50. The molecule has 1 heterocycles. The van der Waals surface area contributed by atoms with Gasteiger partial charge in [-0.15, -0.1) is 11.8 Å². The number of thioether (sulfide) groups is 1. The third kappa shape index (κ3) is 3.23. The van der Waals surface area contributed by atoms with Gasteiger partial charge in [0.05, 0.1) is 17.7 Å². The van der Waals surface area contributed by atoms with Crippen molar-refractivity contribution in [2.75, 3.05) is 12.9 Å². The summed E-state index contributed by atoms with van der Waals surface area (Å²) >= 11 is 1.44. The Hall–Kier alpha value is -1.07. The number of carbonyl (C=O) groups is 1. The molecule has 0 aliphatic carbocycles. The van der Waals surface area contributed by atoms with Crippen LogP contribution in [-0.4, -0.2) is 34.4 Å². The van der Waals surface area contributed by atoms with Crippen LogP contribution in [0.3, 0.4) is 0 Å². The lowest BCUT2D eigenvalue weighted by Gasteiger charge is -2.30. The van der Waals surface area contributed by atoms with Crippen molar-refractivity contribution >= 4 is 17.7 Å². The van der Waals surface area contributed by atoms with Gasteiger partial charge in [0, 0.05) is 6.20 Å². The van der Waals surface area contributed by atoms with Crippen LogP contribution in [0.15, 0.2) is 23.4 Å². The summed E-state index contributed by atoms with van der Waals surface area (Å²) in [4.78, 5) is 16.4. The molecule has 100 valence electrons. The number of amides is 1. The number of aromatic nitrogens is 1. The summed E-state index contributed by atoms with van der Waals surface area (Å²) in [5.74, 6) is -0.176. The van der Waals surface area contributed by atoms with Crippen molar-refractivity contribution in [2.24, 2.45) is 0 Å². The lowest BCUT2D eigenvalue weighted by molar-refractivity contribution is 0.0814. The number of carbonyl (C=O) groups excluding carboxylic acids is 1. The molecular formula is C13H20N2O2S. The average Bonchev–Trinajstić information content (AvgIpc) is 2.44. The summed E-state index contributed by atoms with van der Waals surface area (Å²) in [5.41, 5.74) is 0.0208. The van der Waals surface area contributed by atoms with Crippen LogP contribution in [0.1, 0.15) is 37.0 Å². The molecule has 0 radical (unpaired) electrons. The van der Waals surface area contributed by atoms with Crippen molar-refractivity contribution in [3.05, 3.63) is 23.9 Å². The van der Waals surface area contributed by atoms with Crippen molar-refractivity contribution in [3.63, 3.8) is 0 Å². The van der Waals surface area contributed by atoms with Crippen molar-refractivity contribution in [1.29, 1.82) is 0 Å². The van der Waals surface area contributed by atoms with E-state index in [4.69, 9.17) is 0 Å². The first-order valence-electron chi connectivity index (χ1n) is 6.04. The van der Waals surface area contributed by atoms with Crippen molar-refractivity contribution in [3.8, 4) is 0 Å². The standard InChI is InChI=1S/C13H20N2O2S/c1-4-13(5-2,9-16)15-11(17)10-7-6-8-14-12(10)18-3/h6-8,16H,4-5,9H2,1-3H3,(H,15,17). The van der Waals surface area contributed by atoms with E-state index in [1.807, 2.05) is 20.1 Å². The number of nitrogens with zero attached hydrogens (tertiary/aromatic N) is 1. The molecule has 0 atom stereocenters. The van der Waals surface area contributed by atoms with Crippen LogP contribution in [0.4, 0.5) is 0 Å². The van der Waals surface area contributed by atoms with Crippen molar-refractivity contribution in [2.45, 2.75) is 37.3 Å². The highest BCUT2D eigenvalue weighted by Gasteiger charge is 2.28. The van der Waals surface area contributed by atoms with E-state index >= 15 is 0 Å². The Morgan fingerprint density at radius 3 is 2.67 bits per heavy atom. The van der Waals surface area contributed by atoms with Gasteiger partial charge in [-0.2, -0.15) is 0 Å². The molecule has 5 heteroatoms. The van der Waals surface area contributed by atoms with E-state index in [1.54, 1.807) is 18.3 Å². The second-order valence-electron chi connectivity index (χ2n) is 4.16. The number of aliphatic hydroxyl groups excluding tert-OH is 1. The van der Waals surface area contributed by atoms with Gasteiger partial charge in [-0.25, -0.2) is 4.98 Å². The van der Waals surface area contributed by atoms with Gasteiger partial charge >= 0.3 is 0 Å². The molecule has 0 bridgehead atoms. The molecule has 0 saturated carbocycles. The Kier molecular flexibility index (Phi) is 5.62. The summed E-state index contributed by atoms with van der Waals surface area (Å²) in [6.45, 7) is 3.86. The van der Waals surface area contributed by atoms with Crippen LogP contribution in [0.2, 0.25) is 0 Å². The smallest absolute Gasteiger partial charge is 0.254 e. The van der Waals surface area contributed by atoms with E-state index in [-0.39, 0.29) is 12.5 Å². The number of rotatable bonds is 6. The number of aliphatic hydroxyl groups is 1. The van der Waals surface area contributed by atoms with Gasteiger partial charge in [0.25, 0.3) is 5.91 Å². The SMILES string of the molecule is CCC(CC)(CO)NC(=O)c1cccnc1SC. The van der Waals surface area contributed by atoms with E-state index in [9.17, 15) is 9.90 Å². The molecule has 0 aliphatic heterocycles. The normalized spacial score (nSPS) is 11.3. The molecule has 1 rings (SSSR count). The number of hydrogen-bond acceptors (Lipinski definition) is 4. The topological polar surface area (TPSA) is 62.2 Å². The van der Waals surface area contributed by atoms with Crippen molar-refractivity contribution in [1.82, 2.24) is 10.3 Å². The second kappa shape index (κ2) is 6.75. The van der Waals surface area contributed by atoms with Crippen LogP contribution in [0, 0.1) is 0 Å². The average molecular weight is 268 g/mol. The maximum Gasteiger partial charge on any atom is 0.254 e. The first-order chi connectivity index (χ1) is 8.62. The molecule has 4 nitrogen and oxygen atoms in total. The van der Waals surface area contributed by atoms with Gasteiger partial charge in [-0.3, -0.25) is 4.79 Å². The van der Waals surface area contributed by atoms with E-state index in [0.29, 0.717) is 23.4 Å². The zero-order valence-corrected chi connectivity index (χ0v) is 11.9. The third-order valence-corrected chi connectivity index (χ3v) is 3.96. The van der Waals surface area contributed by atoms with Gasteiger partial charge in [-0.1, -0.05) is 13.8 Å². The van der Waals surface area contributed by atoms with Gasteiger partial charge < -0.3 is 10.4 Å². The van der Waals surface area contributed by atoms with Crippen LogP contribution in [0.25, 0.3) is 0 Å². The van der Waals surface area contributed by atoms with E-state index in [1.165, 1.54) is 11.8 Å². The molecule has 18 heavy (non-hydrogen) atoms. The molecule has 0 unspecified atom stereocenters. The molecule has 0 fully saturated rings. The van der Waals surface area contributed by atoms with Crippen LogP contribution in [0.5, 0.6) is 0 Å². The van der Waals surface area contributed by atoms with Crippen LogP contribution < -0.4 is 5.32 Å². The van der Waals surface area contributed by atoms with E-state index in [2.05, 4.69) is 10.3 Å². The van der Waals surface area contributed by atoms with Crippen molar-refractivity contribution < 1.29 is 9.90 Å². The summed E-state index contributed by atoms with van der Waals surface area (Å²) in [7, 11) is 0. The molecule has 1 aromatic rings. The maximum atomic E-state index is 12.2. The molecule has 0 aromatic carbocycles. The van der Waals surface area contributed by atoms with Gasteiger partial charge in [0.2, 0.25) is 0 Å². The zero-order chi connectivity index (χ0) is 13.6. The van der Waals surface area contributed by atoms with Crippen LogP contribution >= 0.6 is 11.8 Å². The summed E-state index contributed by atoms with van der Waals surface area (Å²) < 4.78 is 0. The fraction of sp³-hybridized carbons (Fsp3) is 0.538. The largest absolute Gasteiger partial charge is 0.394 e. The Labute approximate surface area is 112 Å². The second-order valence-corrected chi connectivity index (χ2v) is 4.95. The number of hydrogen-bond donors (Lipinski definition) is 2. The minimum Gasteiger partial charge on any atom is -0.394 e. The van der Waals surface area contributed by atoms with Gasteiger partial charge in [-0.05, 0) is 31.2 Å². The predicted molar refractivity (Wildman–Crippen MR) is 73.9 cm³/mol. The first kappa shape index (κ1) is 15.0. The molecule has 0 saturated heterocycles. The fourth-order valence-electron chi connectivity index (χ4n) is 1.72. The summed E-state index contributed by atoms with van der Waals surface area (Å²) in [5, 5.41) is 13.1. The maximum absolute atomic E-state index is 12.2. The molecule has 1 amide bonds. The van der Waals surface area contributed by atoms with E-state index in [0.717, 1.165) is 0 Å². The minimum absolute atomic E-state index is 0.0550. The summed E-state index contributed by atoms with van der Waals surface area (Å²) in [6.07, 6.45) is 4.95. The lowest BCUT2D eigenvalue weighted by atomic mass is 9.93. The Bertz CT molecular complexity index is 397.